The molecule has 1 aromatic rings. The number of nitrogens with two attached hydrogens (primary N) is 1. The lowest BCUT2D eigenvalue weighted by Gasteiger charge is -2.36. The molecule has 1 unspecified atom stereocenters. The fourth-order valence-corrected chi connectivity index (χ4v) is 3.49. The Morgan fingerprint density at radius 3 is 2.96 bits per heavy atom. The lowest BCUT2D eigenvalue weighted by atomic mass is 10.0. The van der Waals surface area contributed by atoms with Crippen LogP contribution >= 0.6 is 11.3 Å². The van der Waals surface area contributed by atoms with Gasteiger partial charge in [-0.3, -0.25) is 4.99 Å². The van der Waals surface area contributed by atoms with Crippen LogP contribution in [0.1, 0.15) is 44.9 Å². The molecule has 2 rings (SSSR count). The minimum atomic E-state index is -0.481. The largest absolute Gasteiger partial charge is 0.444 e. The zero-order chi connectivity index (χ0) is 18.3. The number of likely N-dealkylation sites (tertiary alicyclic amines) is 1. The molecule has 140 valence electrons. The molecule has 1 aliphatic heterocycles. The number of nitrogens with one attached hydrogen (secondary N) is 1. The maximum absolute atomic E-state index is 12.4. The van der Waals surface area contributed by atoms with Crippen LogP contribution in [0.15, 0.2) is 22.5 Å². The topological polar surface area (TPSA) is 80.0 Å². The minimum absolute atomic E-state index is 0.0567. The highest BCUT2D eigenvalue weighted by molar-refractivity contribution is 7.09. The van der Waals surface area contributed by atoms with E-state index in [2.05, 4.69) is 21.8 Å². The van der Waals surface area contributed by atoms with Gasteiger partial charge in [0.1, 0.15) is 5.60 Å². The second-order valence-electron chi connectivity index (χ2n) is 7.31. The molecule has 1 aliphatic rings. The minimum Gasteiger partial charge on any atom is -0.444 e. The van der Waals surface area contributed by atoms with Gasteiger partial charge in [-0.2, -0.15) is 0 Å². The molecule has 0 radical (unpaired) electrons. The highest BCUT2D eigenvalue weighted by atomic mass is 32.1. The van der Waals surface area contributed by atoms with Crippen molar-refractivity contribution in [2.75, 3.05) is 19.6 Å². The van der Waals surface area contributed by atoms with E-state index in [9.17, 15) is 4.79 Å². The van der Waals surface area contributed by atoms with Crippen LogP contribution in [-0.4, -0.2) is 48.2 Å². The van der Waals surface area contributed by atoms with Crippen LogP contribution in [0.25, 0.3) is 0 Å². The molecule has 0 saturated carbocycles. The Kier molecular flexibility index (Phi) is 7.11. The average Bonchev–Trinajstić information content (AvgIpc) is 3.05. The first-order valence-corrected chi connectivity index (χ1v) is 9.79. The standard InChI is InChI=1S/C18H30N4O2S/c1-18(2,3)24-17(23)22-11-5-4-7-14(22)13-21-16(19)20-10-9-15-8-6-12-25-15/h6,8,12,14H,4-5,7,9-11,13H2,1-3H3,(H3,19,20,21). The molecule has 25 heavy (non-hydrogen) atoms. The van der Waals surface area contributed by atoms with Crippen molar-refractivity contribution in [2.45, 2.75) is 58.1 Å². The fourth-order valence-electron chi connectivity index (χ4n) is 2.78. The van der Waals surface area contributed by atoms with Crippen molar-refractivity contribution in [1.82, 2.24) is 10.2 Å². The number of ether oxygens (including phenoxy) is 1. The van der Waals surface area contributed by atoms with Gasteiger partial charge < -0.3 is 20.7 Å². The Morgan fingerprint density at radius 2 is 2.28 bits per heavy atom. The average molecular weight is 367 g/mol. The number of guanidine groups is 1. The molecule has 7 heteroatoms. The molecule has 0 aromatic carbocycles. The van der Waals surface area contributed by atoms with E-state index in [1.54, 1.807) is 16.2 Å². The normalized spacial score (nSPS) is 18.9. The SMILES string of the molecule is CC(C)(C)OC(=O)N1CCCCC1CN=C(N)NCCc1cccs1. The molecule has 0 spiro atoms. The van der Waals surface area contributed by atoms with Crippen LogP contribution in [0.2, 0.25) is 0 Å². The summed E-state index contributed by atoms with van der Waals surface area (Å²) in [6.07, 6.45) is 3.72. The van der Waals surface area contributed by atoms with Gasteiger partial charge in [0.25, 0.3) is 0 Å². The van der Waals surface area contributed by atoms with Crippen molar-refractivity contribution >= 4 is 23.4 Å². The Balaban J connectivity index is 1.82. The maximum atomic E-state index is 12.4. The molecule has 1 amide bonds. The molecule has 1 saturated heterocycles. The van der Waals surface area contributed by atoms with Gasteiger partial charge in [-0.05, 0) is 57.9 Å². The summed E-state index contributed by atoms with van der Waals surface area (Å²) < 4.78 is 5.51. The number of aliphatic imine (C=N–C) groups is 1. The van der Waals surface area contributed by atoms with Crippen LogP contribution in [0, 0.1) is 0 Å². The first-order valence-electron chi connectivity index (χ1n) is 8.91. The zero-order valence-electron chi connectivity index (χ0n) is 15.5. The van der Waals surface area contributed by atoms with E-state index >= 15 is 0 Å². The number of nitrogens with zero attached hydrogens (tertiary/aromatic N) is 2. The van der Waals surface area contributed by atoms with Crippen molar-refractivity contribution in [3.05, 3.63) is 22.4 Å². The molecule has 0 bridgehead atoms. The van der Waals surface area contributed by atoms with E-state index in [0.717, 1.165) is 38.8 Å². The highest BCUT2D eigenvalue weighted by Gasteiger charge is 2.30. The van der Waals surface area contributed by atoms with Gasteiger partial charge in [0.05, 0.1) is 12.6 Å². The number of amides is 1. The smallest absolute Gasteiger partial charge is 0.410 e. The van der Waals surface area contributed by atoms with Gasteiger partial charge in [-0.25, -0.2) is 4.79 Å². The lowest BCUT2D eigenvalue weighted by molar-refractivity contribution is 0.0110. The first-order chi connectivity index (χ1) is 11.8. The molecular weight excluding hydrogens is 336 g/mol. The van der Waals surface area contributed by atoms with Gasteiger partial charge in [0.2, 0.25) is 0 Å². The van der Waals surface area contributed by atoms with E-state index in [1.807, 2.05) is 26.8 Å². The second kappa shape index (κ2) is 9.08. The third-order valence-corrected chi connectivity index (χ3v) is 4.92. The van der Waals surface area contributed by atoms with E-state index in [4.69, 9.17) is 10.5 Å². The van der Waals surface area contributed by atoms with Gasteiger partial charge >= 0.3 is 6.09 Å². The van der Waals surface area contributed by atoms with Crippen LogP contribution in [-0.2, 0) is 11.2 Å². The number of thiophene rings is 1. The van der Waals surface area contributed by atoms with Crippen molar-refractivity contribution in [2.24, 2.45) is 10.7 Å². The van der Waals surface area contributed by atoms with Gasteiger partial charge in [0.15, 0.2) is 5.96 Å². The molecule has 1 atom stereocenters. The van der Waals surface area contributed by atoms with Crippen LogP contribution < -0.4 is 11.1 Å². The summed E-state index contributed by atoms with van der Waals surface area (Å²) in [6, 6.07) is 4.22. The van der Waals surface area contributed by atoms with Crippen LogP contribution in [0.3, 0.4) is 0 Å². The summed E-state index contributed by atoms with van der Waals surface area (Å²) in [5.74, 6) is 0.436. The predicted octanol–water partition coefficient (Wildman–Crippen LogP) is 2.98. The van der Waals surface area contributed by atoms with E-state index in [0.29, 0.717) is 12.5 Å². The van der Waals surface area contributed by atoms with Gasteiger partial charge in [-0.1, -0.05) is 6.07 Å². The third kappa shape index (κ3) is 6.94. The maximum Gasteiger partial charge on any atom is 0.410 e. The summed E-state index contributed by atoms with van der Waals surface area (Å²) in [5, 5.41) is 5.21. The van der Waals surface area contributed by atoms with Gasteiger partial charge in [0, 0.05) is 18.0 Å². The molecule has 2 heterocycles. The Labute approximate surface area is 154 Å². The monoisotopic (exact) mass is 366 g/mol. The Hall–Kier alpha value is -1.76. The van der Waals surface area contributed by atoms with E-state index in [1.165, 1.54) is 4.88 Å². The molecule has 1 fully saturated rings. The second-order valence-corrected chi connectivity index (χ2v) is 8.34. The zero-order valence-corrected chi connectivity index (χ0v) is 16.3. The highest BCUT2D eigenvalue weighted by Crippen LogP contribution is 2.20. The molecule has 6 nitrogen and oxygen atoms in total. The van der Waals surface area contributed by atoms with Crippen molar-refractivity contribution in [3.8, 4) is 0 Å². The number of hydrogen-bond acceptors (Lipinski definition) is 4. The molecule has 1 aromatic heterocycles. The third-order valence-electron chi connectivity index (χ3n) is 3.99. The van der Waals surface area contributed by atoms with Crippen LogP contribution in [0.5, 0.6) is 0 Å². The summed E-state index contributed by atoms with van der Waals surface area (Å²) in [5.41, 5.74) is 5.48. The fraction of sp³-hybridized carbons (Fsp3) is 0.667. The molecular formula is C18H30N4O2S. The van der Waals surface area contributed by atoms with E-state index in [-0.39, 0.29) is 12.1 Å². The van der Waals surface area contributed by atoms with Crippen molar-refractivity contribution in [1.29, 1.82) is 0 Å². The first kappa shape index (κ1) is 19.6. The lowest BCUT2D eigenvalue weighted by Crippen LogP contribution is -2.48. The van der Waals surface area contributed by atoms with Crippen molar-refractivity contribution < 1.29 is 9.53 Å². The summed E-state index contributed by atoms with van der Waals surface area (Å²) >= 11 is 1.74. The van der Waals surface area contributed by atoms with Crippen LogP contribution in [0.4, 0.5) is 4.79 Å². The Bertz CT molecular complexity index is 566. The number of carbonyl (C=O) groups excluding carboxylic acids is 1. The summed E-state index contributed by atoms with van der Waals surface area (Å²) in [6.45, 7) is 7.65. The Morgan fingerprint density at radius 1 is 1.48 bits per heavy atom. The van der Waals surface area contributed by atoms with Crippen molar-refractivity contribution in [3.63, 3.8) is 0 Å². The number of carbonyl (C=O) groups is 1. The quantitative estimate of drug-likeness (QED) is 0.620. The molecule has 0 aliphatic carbocycles. The predicted molar refractivity (Wildman–Crippen MR) is 103 cm³/mol. The summed E-state index contributed by atoms with van der Waals surface area (Å²) in [4.78, 5) is 19.9. The summed E-state index contributed by atoms with van der Waals surface area (Å²) in [7, 11) is 0. The van der Waals surface area contributed by atoms with Gasteiger partial charge in [-0.15, -0.1) is 11.3 Å². The number of hydrogen-bond donors (Lipinski definition) is 2. The number of rotatable bonds is 5. The molecule has 3 N–H and O–H groups in total. The number of piperidine rings is 1. The van der Waals surface area contributed by atoms with E-state index < -0.39 is 5.60 Å².